The monoisotopic (exact) mass is 356 g/mol. The van der Waals surface area contributed by atoms with Gasteiger partial charge in [-0.25, -0.2) is 18.1 Å². The van der Waals surface area contributed by atoms with Crippen LogP contribution in [0, 0.1) is 0 Å². The standard InChI is InChI=1S/C15H24N4O4S/c1-24(21,22)17-7-13-9-18(8-12-6-16-11-19(12)13)15(20)10-23-14-4-2-3-5-14/h6,11,13-14,17H,2-5,7-10H2,1H3/t13-/m0/s1. The minimum Gasteiger partial charge on any atom is -0.368 e. The predicted molar refractivity (Wildman–Crippen MR) is 87.7 cm³/mol. The predicted octanol–water partition coefficient (Wildman–Crippen LogP) is 0.275. The zero-order valence-corrected chi connectivity index (χ0v) is 14.7. The van der Waals surface area contributed by atoms with E-state index < -0.39 is 10.0 Å². The Kier molecular flexibility index (Phi) is 5.21. The van der Waals surface area contributed by atoms with Gasteiger partial charge in [-0.15, -0.1) is 0 Å². The lowest BCUT2D eigenvalue weighted by Crippen LogP contribution is -2.45. The third-order valence-electron chi connectivity index (χ3n) is 4.60. The molecule has 1 aromatic rings. The molecule has 0 bridgehead atoms. The average molecular weight is 356 g/mol. The highest BCUT2D eigenvalue weighted by Gasteiger charge is 2.29. The molecule has 2 aliphatic rings. The lowest BCUT2D eigenvalue weighted by atomic mass is 10.2. The zero-order chi connectivity index (χ0) is 17.2. The molecule has 0 saturated heterocycles. The van der Waals surface area contributed by atoms with Gasteiger partial charge in [0.15, 0.2) is 0 Å². The van der Waals surface area contributed by atoms with Crippen LogP contribution in [0.1, 0.15) is 37.4 Å². The molecule has 0 spiro atoms. The van der Waals surface area contributed by atoms with E-state index in [1.807, 2.05) is 4.57 Å². The van der Waals surface area contributed by atoms with Crippen LogP contribution in [-0.4, -0.2) is 60.8 Å². The molecule has 1 saturated carbocycles. The second-order valence-electron chi connectivity index (χ2n) is 6.56. The van der Waals surface area contributed by atoms with E-state index in [1.165, 1.54) is 12.8 Å². The molecular weight excluding hydrogens is 332 g/mol. The molecular formula is C15H24N4O4S. The van der Waals surface area contributed by atoms with Crippen LogP contribution < -0.4 is 4.72 Å². The van der Waals surface area contributed by atoms with Gasteiger partial charge in [0.25, 0.3) is 0 Å². The third kappa shape index (κ3) is 4.34. The number of amides is 1. The summed E-state index contributed by atoms with van der Waals surface area (Å²) < 4.78 is 32.9. The van der Waals surface area contributed by atoms with Crippen LogP contribution in [0.3, 0.4) is 0 Å². The number of nitrogens with one attached hydrogen (secondary N) is 1. The maximum Gasteiger partial charge on any atom is 0.249 e. The summed E-state index contributed by atoms with van der Waals surface area (Å²) >= 11 is 0. The van der Waals surface area contributed by atoms with Crippen molar-refractivity contribution in [2.75, 3.05) is 26.0 Å². The fourth-order valence-electron chi connectivity index (χ4n) is 3.32. The molecule has 0 unspecified atom stereocenters. The Balaban J connectivity index is 1.61. The summed E-state index contributed by atoms with van der Waals surface area (Å²) in [6, 6.07) is -0.165. The van der Waals surface area contributed by atoms with Gasteiger partial charge in [-0.05, 0) is 12.8 Å². The number of nitrogens with zero attached hydrogens (tertiary/aromatic N) is 3. The van der Waals surface area contributed by atoms with Crippen molar-refractivity contribution in [3.8, 4) is 0 Å². The number of hydrogen-bond donors (Lipinski definition) is 1. The Hall–Kier alpha value is -1.45. The Labute approximate surface area is 142 Å². The lowest BCUT2D eigenvalue weighted by molar-refractivity contribution is -0.140. The number of carbonyl (C=O) groups excluding carboxylic acids is 1. The van der Waals surface area contributed by atoms with E-state index in [0.717, 1.165) is 24.8 Å². The molecule has 1 aliphatic carbocycles. The van der Waals surface area contributed by atoms with E-state index in [0.29, 0.717) is 13.1 Å². The number of ether oxygens (including phenoxy) is 1. The average Bonchev–Trinajstić information content (AvgIpc) is 3.20. The van der Waals surface area contributed by atoms with Gasteiger partial charge in [-0.2, -0.15) is 0 Å². The van der Waals surface area contributed by atoms with Crippen molar-refractivity contribution in [3.63, 3.8) is 0 Å². The molecule has 1 aliphatic heterocycles. The van der Waals surface area contributed by atoms with Gasteiger partial charge >= 0.3 is 0 Å². The molecule has 8 nitrogen and oxygen atoms in total. The fraction of sp³-hybridized carbons (Fsp3) is 0.733. The topological polar surface area (TPSA) is 93.5 Å². The number of imidazole rings is 1. The highest BCUT2D eigenvalue weighted by atomic mass is 32.2. The second-order valence-corrected chi connectivity index (χ2v) is 8.39. The first-order valence-corrected chi connectivity index (χ1v) is 10.2. The Bertz CT molecular complexity index is 681. The first kappa shape index (κ1) is 17.4. The highest BCUT2D eigenvalue weighted by molar-refractivity contribution is 7.88. The van der Waals surface area contributed by atoms with Crippen LogP contribution in [0.2, 0.25) is 0 Å². The van der Waals surface area contributed by atoms with Crippen LogP contribution in [-0.2, 0) is 26.1 Å². The lowest BCUT2D eigenvalue weighted by Gasteiger charge is -2.34. The molecule has 3 rings (SSSR count). The first-order valence-electron chi connectivity index (χ1n) is 8.27. The smallest absolute Gasteiger partial charge is 0.249 e. The summed E-state index contributed by atoms with van der Waals surface area (Å²) in [6.45, 7) is 1.24. The van der Waals surface area contributed by atoms with Crippen molar-refractivity contribution in [2.45, 2.75) is 44.4 Å². The van der Waals surface area contributed by atoms with Crippen molar-refractivity contribution in [2.24, 2.45) is 0 Å². The molecule has 0 aromatic carbocycles. The van der Waals surface area contributed by atoms with E-state index in [4.69, 9.17) is 4.74 Å². The van der Waals surface area contributed by atoms with Crippen LogP contribution in [0.15, 0.2) is 12.5 Å². The van der Waals surface area contributed by atoms with Crippen LogP contribution in [0.5, 0.6) is 0 Å². The van der Waals surface area contributed by atoms with Gasteiger partial charge < -0.3 is 14.2 Å². The fourth-order valence-corrected chi connectivity index (χ4v) is 3.82. The SMILES string of the molecule is CS(=O)(=O)NC[C@H]1CN(C(=O)COC2CCCC2)Cc2cncn21. The maximum atomic E-state index is 12.5. The van der Waals surface area contributed by atoms with Gasteiger partial charge in [0.05, 0.1) is 37.0 Å². The summed E-state index contributed by atoms with van der Waals surface area (Å²) in [7, 11) is -3.28. The number of aromatic nitrogens is 2. The van der Waals surface area contributed by atoms with Gasteiger partial charge in [-0.3, -0.25) is 4.79 Å². The summed E-state index contributed by atoms with van der Waals surface area (Å²) in [6.07, 6.45) is 9.12. The molecule has 1 atom stereocenters. The number of rotatable bonds is 6. The summed E-state index contributed by atoms with van der Waals surface area (Å²) in [4.78, 5) is 18.3. The minimum absolute atomic E-state index is 0.0568. The van der Waals surface area contributed by atoms with Crippen molar-refractivity contribution in [1.82, 2.24) is 19.2 Å². The Morgan fingerprint density at radius 1 is 1.42 bits per heavy atom. The molecule has 1 aromatic heterocycles. The maximum absolute atomic E-state index is 12.5. The van der Waals surface area contributed by atoms with Crippen LogP contribution >= 0.6 is 0 Å². The van der Waals surface area contributed by atoms with Gasteiger partial charge in [0.1, 0.15) is 6.61 Å². The molecule has 1 amide bonds. The Morgan fingerprint density at radius 2 is 2.17 bits per heavy atom. The van der Waals surface area contributed by atoms with E-state index in [9.17, 15) is 13.2 Å². The molecule has 134 valence electrons. The molecule has 2 heterocycles. The van der Waals surface area contributed by atoms with E-state index in [-0.39, 0.29) is 31.2 Å². The van der Waals surface area contributed by atoms with Crippen LogP contribution in [0.25, 0.3) is 0 Å². The number of sulfonamides is 1. The molecule has 9 heteroatoms. The van der Waals surface area contributed by atoms with Gasteiger partial charge in [0, 0.05) is 19.3 Å². The molecule has 24 heavy (non-hydrogen) atoms. The van der Waals surface area contributed by atoms with Crippen molar-refractivity contribution in [1.29, 1.82) is 0 Å². The number of fused-ring (bicyclic) bond motifs is 1. The summed E-state index contributed by atoms with van der Waals surface area (Å²) in [5.74, 6) is -0.0568. The van der Waals surface area contributed by atoms with E-state index in [2.05, 4.69) is 9.71 Å². The van der Waals surface area contributed by atoms with E-state index >= 15 is 0 Å². The molecule has 0 radical (unpaired) electrons. The van der Waals surface area contributed by atoms with Gasteiger partial charge in [-0.1, -0.05) is 12.8 Å². The largest absolute Gasteiger partial charge is 0.368 e. The summed E-state index contributed by atoms with van der Waals surface area (Å²) in [5.41, 5.74) is 0.899. The van der Waals surface area contributed by atoms with Crippen LogP contribution in [0.4, 0.5) is 0 Å². The zero-order valence-electron chi connectivity index (χ0n) is 13.8. The summed E-state index contributed by atoms with van der Waals surface area (Å²) in [5, 5.41) is 0. The van der Waals surface area contributed by atoms with Crippen molar-refractivity contribution in [3.05, 3.63) is 18.2 Å². The quantitative estimate of drug-likeness (QED) is 0.790. The minimum atomic E-state index is -3.28. The second kappa shape index (κ2) is 7.20. The molecule has 1 N–H and O–H groups in total. The first-order chi connectivity index (χ1) is 11.4. The number of hydrogen-bond acceptors (Lipinski definition) is 5. The van der Waals surface area contributed by atoms with Gasteiger partial charge in [0.2, 0.25) is 15.9 Å². The van der Waals surface area contributed by atoms with Crippen molar-refractivity contribution < 1.29 is 17.9 Å². The number of carbonyl (C=O) groups is 1. The third-order valence-corrected chi connectivity index (χ3v) is 5.29. The highest BCUT2D eigenvalue weighted by Crippen LogP contribution is 2.23. The Morgan fingerprint density at radius 3 is 2.88 bits per heavy atom. The van der Waals surface area contributed by atoms with E-state index in [1.54, 1.807) is 17.4 Å². The van der Waals surface area contributed by atoms with Crippen molar-refractivity contribution >= 4 is 15.9 Å². The molecule has 1 fully saturated rings. The normalized spacial score (nSPS) is 21.9.